The van der Waals surface area contributed by atoms with Crippen LogP contribution in [-0.2, 0) is 14.3 Å². The summed E-state index contributed by atoms with van der Waals surface area (Å²) in [5.74, 6) is -0.880. The van der Waals surface area contributed by atoms with Gasteiger partial charge in [0.2, 0.25) is 0 Å². The van der Waals surface area contributed by atoms with Gasteiger partial charge in [-0.1, -0.05) is 47.0 Å². The summed E-state index contributed by atoms with van der Waals surface area (Å²) < 4.78 is 4.63. The highest BCUT2D eigenvalue weighted by atomic mass is 16.5. The third kappa shape index (κ3) is 10.5. The van der Waals surface area contributed by atoms with Crippen molar-refractivity contribution in [3.63, 3.8) is 0 Å². The molecule has 19 heavy (non-hydrogen) atoms. The van der Waals surface area contributed by atoms with Gasteiger partial charge in [-0.3, -0.25) is 14.5 Å². The largest absolute Gasteiger partial charge is 0.480 e. The summed E-state index contributed by atoms with van der Waals surface area (Å²) in [4.78, 5) is 22.4. The maximum Gasteiger partial charge on any atom is 0.317 e. The number of aliphatic carboxylic acids is 1. The average molecular weight is 275 g/mol. The van der Waals surface area contributed by atoms with E-state index in [1.54, 1.807) is 4.90 Å². The molecule has 0 radical (unpaired) electrons. The summed E-state index contributed by atoms with van der Waals surface area (Å²) in [6.45, 7) is 4.64. The lowest BCUT2D eigenvalue weighted by Gasteiger charge is -2.31. The van der Waals surface area contributed by atoms with Crippen LogP contribution in [0, 0.1) is 0 Å². The van der Waals surface area contributed by atoms with Crippen molar-refractivity contribution in [1.82, 2.24) is 4.90 Å². The lowest BCUT2D eigenvalue weighted by Crippen LogP contribution is -2.41. The van der Waals surface area contributed by atoms with Gasteiger partial charge in [-0.15, -0.1) is 0 Å². The van der Waals surface area contributed by atoms with Gasteiger partial charge in [0.25, 0.3) is 6.47 Å². The SMILES string of the molecule is C.CCC.O=COCN(CC(=O)O)C1CCCCC1. The molecular weight excluding hydrogens is 246 g/mol. The van der Waals surface area contributed by atoms with Gasteiger partial charge in [-0.05, 0) is 12.8 Å². The molecule has 0 spiro atoms. The van der Waals surface area contributed by atoms with Crippen molar-refractivity contribution in [3.8, 4) is 0 Å². The third-order valence-corrected chi connectivity index (χ3v) is 2.74. The molecule has 1 saturated carbocycles. The first kappa shape index (κ1) is 20.2. The van der Waals surface area contributed by atoms with Crippen LogP contribution in [0.4, 0.5) is 0 Å². The van der Waals surface area contributed by atoms with Crippen molar-refractivity contribution < 1.29 is 19.4 Å². The van der Waals surface area contributed by atoms with Gasteiger partial charge in [0.15, 0.2) is 0 Å². The van der Waals surface area contributed by atoms with E-state index >= 15 is 0 Å². The number of hydrogen-bond donors (Lipinski definition) is 1. The van der Waals surface area contributed by atoms with E-state index in [0.717, 1.165) is 25.7 Å². The number of hydrogen-bond acceptors (Lipinski definition) is 4. The maximum absolute atomic E-state index is 10.6. The Hall–Kier alpha value is -1.10. The summed E-state index contributed by atoms with van der Waals surface area (Å²) in [5.41, 5.74) is 0. The standard InChI is InChI=1S/C10H17NO4.C3H8.CH4/c12-8-15-7-11(6-10(13)14)9-4-2-1-3-5-9;1-3-2;/h8-9H,1-7H2,(H,13,14);3H2,1-2H3;1H4. The van der Waals surface area contributed by atoms with Crippen LogP contribution < -0.4 is 0 Å². The molecule has 0 aromatic carbocycles. The van der Waals surface area contributed by atoms with Crippen LogP contribution in [0.3, 0.4) is 0 Å². The van der Waals surface area contributed by atoms with Crippen LogP contribution in [0.25, 0.3) is 0 Å². The van der Waals surface area contributed by atoms with Gasteiger partial charge in [-0.25, -0.2) is 0 Å². The molecule has 0 aromatic heterocycles. The fraction of sp³-hybridized carbons (Fsp3) is 0.857. The predicted molar refractivity (Wildman–Crippen MR) is 75.9 cm³/mol. The number of nitrogens with zero attached hydrogens (tertiary/aromatic N) is 1. The van der Waals surface area contributed by atoms with Crippen LogP contribution in [0.2, 0.25) is 0 Å². The summed E-state index contributed by atoms with van der Waals surface area (Å²) in [6.07, 6.45) is 6.71. The Labute approximate surface area is 116 Å². The number of carboxylic acid groups (broad SMARTS) is 1. The highest BCUT2D eigenvalue weighted by Gasteiger charge is 2.22. The molecular formula is C14H29NO4. The maximum atomic E-state index is 10.6. The number of carbonyl (C=O) groups is 2. The molecule has 0 unspecified atom stereocenters. The molecule has 1 fully saturated rings. The Kier molecular flexibility index (Phi) is 14.2. The highest BCUT2D eigenvalue weighted by molar-refractivity contribution is 5.69. The Morgan fingerprint density at radius 1 is 1.32 bits per heavy atom. The molecule has 1 aliphatic carbocycles. The topological polar surface area (TPSA) is 66.8 Å². The molecule has 0 amide bonds. The van der Waals surface area contributed by atoms with Gasteiger partial charge in [0, 0.05) is 6.04 Å². The molecule has 1 aliphatic rings. The summed E-state index contributed by atoms with van der Waals surface area (Å²) in [6, 6.07) is 0.245. The summed E-state index contributed by atoms with van der Waals surface area (Å²) in [5, 5.41) is 8.73. The van der Waals surface area contributed by atoms with Gasteiger partial charge < -0.3 is 9.84 Å². The van der Waals surface area contributed by atoms with Crippen LogP contribution in [-0.4, -0.2) is 41.8 Å². The van der Waals surface area contributed by atoms with Crippen molar-refractivity contribution in [1.29, 1.82) is 0 Å². The molecule has 1 rings (SSSR count). The Bertz CT molecular complexity index is 227. The van der Waals surface area contributed by atoms with Crippen LogP contribution in [0.15, 0.2) is 0 Å². The lowest BCUT2D eigenvalue weighted by atomic mass is 9.94. The minimum atomic E-state index is -0.880. The average Bonchev–Trinajstić information content (AvgIpc) is 2.36. The third-order valence-electron chi connectivity index (χ3n) is 2.74. The number of ether oxygens (including phenoxy) is 1. The van der Waals surface area contributed by atoms with Gasteiger partial charge in [0.1, 0.15) is 6.73 Å². The molecule has 0 bridgehead atoms. The number of carboxylic acids is 1. The van der Waals surface area contributed by atoms with Crippen molar-refractivity contribution in [2.24, 2.45) is 0 Å². The second kappa shape index (κ2) is 13.3. The van der Waals surface area contributed by atoms with Crippen molar-refractivity contribution >= 4 is 12.4 Å². The van der Waals surface area contributed by atoms with E-state index in [9.17, 15) is 9.59 Å². The first-order valence-electron chi connectivity index (χ1n) is 6.66. The molecule has 0 heterocycles. The van der Waals surface area contributed by atoms with Crippen molar-refractivity contribution in [2.45, 2.75) is 65.8 Å². The molecule has 0 aliphatic heterocycles. The number of rotatable bonds is 6. The second-order valence-electron chi connectivity index (χ2n) is 4.53. The molecule has 114 valence electrons. The highest BCUT2D eigenvalue weighted by Crippen LogP contribution is 2.22. The summed E-state index contributed by atoms with van der Waals surface area (Å²) >= 11 is 0. The minimum absolute atomic E-state index is 0. The molecule has 0 saturated heterocycles. The van der Waals surface area contributed by atoms with E-state index in [1.807, 2.05) is 0 Å². The Morgan fingerprint density at radius 2 is 1.84 bits per heavy atom. The van der Waals surface area contributed by atoms with Crippen LogP contribution in [0.5, 0.6) is 0 Å². The van der Waals surface area contributed by atoms with Crippen LogP contribution in [0.1, 0.15) is 59.8 Å². The van der Waals surface area contributed by atoms with E-state index in [0.29, 0.717) is 6.47 Å². The second-order valence-corrected chi connectivity index (χ2v) is 4.53. The molecule has 1 N–H and O–H groups in total. The lowest BCUT2D eigenvalue weighted by molar-refractivity contribution is -0.145. The van der Waals surface area contributed by atoms with E-state index in [4.69, 9.17) is 5.11 Å². The fourth-order valence-electron chi connectivity index (χ4n) is 2.03. The zero-order chi connectivity index (χ0) is 13.8. The number of carbonyl (C=O) groups excluding carboxylic acids is 1. The van der Waals surface area contributed by atoms with E-state index in [2.05, 4.69) is 18.6 Å². The zero-order valence-corrected chi connectivity index (χ0v) is 11.4. The quantitative estimate of drug-likeness (QED) is 0.596. The fourth-order valence-corrected chi connectivity index (χ4v) is 2.03. The Morgan fingerprint density at radius 3 is 2.26 bits per heavy atom. The monoisotopic (exact) mass is 275 g/mol. The van der Waals surface area contributed by atoms with Crippen molar-refractivity contribution in [2.75, 3.05) is 13.3 Å². The van der Waals surface area contributed by atoms with E-state index in [-0.39, 0.29) is 26.7 Å². The van der Waals surface area contributed by atoms with Gasteiger partial charge in [-0.2, -0.15) is 0 Å². The minimum Gasteiger partial charge on any atom is -0.480 e. The van der Waals surface area contributed by atoms with E-state index < -0.39 is 5.97 Å². The normalized spacial score (nSPS) is 14.9. The smallest absolute Gasteiger partial charge is 0.317 e. The van der Waals surface area contributed by atoms with E-state index in [1.165, 1.54) is 12.8 Å². The van der Waals surface area contributed by atoms with Gasteiger partial charge >= 0.3 is 5.97 Å². The molecule has 0 aromatic rings. The first-order valence-corrected chi connectivity index (χ1v) is 6.66. The zero-order valence-electron chi connectivity index (χ0n) is 11.4. The first-order chi connectivity index (χ1) is 8.65. The van der Waals surface area contributed by atoms with Gasteiger partial charge in [0.05, 0.1) is 6.54 Å². The Balaban J connectivity index is 0. The molecule has 0 atom stereocenters. The molecule has 5 nitrogen and oxygen atoms in total. The van der Waals surface area contributed by atoms with Crippen molar-refractivity contribution in [3.05, 3.63) is 0 Å². The predicted octanol–water partition coefficient (Wildman–Crippen LogP) is 2.89. The summed E-state index contributed by atoms with van der Waals surface area (Å²) in [7, 11) is 0. The van der Waals surface area contributed by atoms with Crippen LogP contribution >= 0.6 is 0 Å². The molecule has 5 heteroatoms.